The number of hydrogen-bond acceptors (Lipinski definition) is 3. The van der Waals surface area contributed by atoms with Crippen molar-refractivity contribution >= 4 is 23.2 Å². The van der Waals surface area contributed by atoms with Gasteiger partial charge >= 0.3 is 0 Å². The molecule has 5 heteroatoms. The molecule has 1 aromatic carbocycles. The summed E-state index contributed by atoms with van der Waals surface area (Å²) in [4.78, 5) is 14.2. The van der Waals surface area contributed by atoms with E-state index in [1.165, 1.54) is 0 Å². The Morgan fingerprint density at radius 3 is 2.68 bits per heavy atom. The van der Waals surface area contributed by atoms with Crippen molar-refractivity contribution < 1.29 is 9.90 Å². The van der Waals surface area contributed by atoms with Gasteiger partial charge in [0.15, 0.2) is 0 Å². The van der Waals surface area contributed by atoms with Gasteiger partial charge in [-0.3, -0.25) is 4.79 Å². The van der Waals surface area contributed by atoms with Gasteiger partial charge in [-0.15, -0.1) is 0 Å². The number of hydrogen-bond donors (Lipinski definition) is 2. The zero-order chi connectivity index (χ0) is 14.0. The highest BCUT2D eigenvalue weighted by atomic mass is 35.5. The molecule has 1 aliphatic heterocycles. The van der Waals surface area contributed by atoms with E-state index in [4.69, 9.17) is 17.3 Å². The number of carbonyl (C=O) groups excluding carboxylic acids is 1. The summed E-state index contributed by atoms with van der Waals surface area (Å²) in [7, 11) is 0. The fraction of sp³-hybridized carbons (Fsp3) is 0.500. The predicted molar refractivity (Wildman–Crippen MR) is 76.2 cm³/mol. The first kappa shape index (κ1) is 14.2. The molecule has 0 aromatic heterocycles. The lowest BCUT2D eigenvalue weighted by molar-refractivity contribution is 0.0521. The fourth-order valence-electron chi connectivity index (χ4n) is 2.46. The second-order valence-corrected chi connectivity index (χ2v) is 5.52. The van der Waals surface area contributed by atoms with Gasteiger partial charge in [-0.05, 0) is 43.9 Å². The van der Waals surface area contributed by atoms with Crippen LogP contribution in [0.4, 0.5) is 5.69 Å². The number of aliphatic hydroxyl groups excluding tert-OH is 1. The van der Waals surface area contributed by atoms with Gasteiger partial charge in [-0.25, -0.2) is 0 Å². The van der Waals surface area contributed by atoms with Crippen molar-refractivity contribution in [3.05, 3.63) is 28.8 Å². The Morgan fingerprint density at radius 1 is 1.47 bits per heavy atom. The van der Waals surface area contributed by atoms with E-state index in [-0.39, 0.29) is 17.9 Å². The predicted octanol–water partition coefficient (Wildman–Crippen LogP) is 2.16. The van der Waals surface area contributed by atoms with Gasteiger partial charge in [-0.1, -0.05) is 11.6 Å². The zero-order valence-electron chi connectivity index (χ0n) is 11.0. The van der Waals surface area contributed by atoms with E-state index in [2.05, 4.69) is 0 Å². The lowest BCUT2D eigenvalue weighted by Gasteiger charge is -2.33. The van der Waals surface area contributed by atoms with Crippen LogP contribution in [0.15, 0.2) is 18.2 Å². The Balaban J connectivity index is 2.07. The number of amides is 1. The van der Waals surface area contributed by atoms with E-state index in [0.29, 0.717) is 29.4 Å². The lowest BCUT2D eigenvalue weighted by atomic mass is 9.92. The molecular formula is C14H19ClN2O2. The molecule has 104 valence electrons. The summed E-state index contributed by atoms with van der Waals surface area (Å²) in [6, 6.07) is 4.94. The number of nitrogens with zero attached hydrogens (tertiary/aromatic N) is 1. The van der Waals surface area contributed by atoms with Gasteiger partial charge < -0.3 is 15.7 Å². The first-order chi connectivity index (χ1) is 8.99. The maximum atomic E-state index is 12.4. The van der Waals surface area contributed by atoms with E-state index in [9.17, 15) is 9.90 Å². The average Bonchev–Trinajstić information content (AvgIpc) is 2.41. The van der Waals surface area contributed by atoms with E-state index in [1.807, 2.05) is 0 Å². The Kier molecular flexibility index (Phi) is 4.32. The van der Waals surface area contributed by atoms with Crippen molar-refractivity contribution in [1.82, 2.24) is 4.90 Å². The van der Waals surface area contributed by atoms with Crippen LogP contribution in [-0.2, 0) is 0 Å². The van der Waals surface area contributed by atoms with Crippen molar-refractivity contribution in [3.63, 3.8) is 0 Å². The second-order valence-electron chi connectivity index (χ2n) is 5.11. The number of piperidine rings is 1. The summed E-state index contributed by atoms with van der Waals surface area (Å²) in [5.74, 6) is 0.196. The highest BCUT2D eigenvalue weighted by molar-refractivity contribution is 6.34. The number of likely N-dealkylation sites (tertiary alicyclic amines) is 1. The van der Waals surface area contributed by atoms with Crippen LogP contribution in [-0.4, -0.2) is 35.1 Å². The smallest absolute Gasteiger partial charge is 0.255 e. The number of carbonyl (C=O) groups is 1. The minimum absolute atomic E-state index is 0.0821. The SMILES string of the molecule is CC(O)C1CCN(C(=O)c2cc(N)ccc2Cl)CC1. The Labute approximate surface area is 118 Å². The third kappa shape index (κ3) is 3.19. The van der Waals surface area contributed by atoms with Gasteiger partial charge in [0, 0.05) is 18.8 Å². The van der Waals surface area contributed by atoms with Crippen molar-refractivity contribution in [2.75, 3.05) is 18.8 Å². The van der Waals surface area contributed by atoms with Gasteiger partial charge in [0.1, 0.15) is 0 Å². The average molecular weight is 283 g/mol. The monoisotopic (exact) mass is 282 g/mol. The summed E-state index contributed by atoms with van der Waals surface area (Å²) in [5, 5.41) is 9.99. The molecule has 0 spiro atoms. The molecule has 1 amide bonds. The van der Waals surface area contributed by atoms with Crippen LogP contribution in [0.3, 0.4) is 0 Å². The Morgan fingerprint density at radius 2 is 2.11 bits per heavy atom. The molecule has 1 aromatic rings. The van der Waals surface area contributed by atoms with Gasteiger partial charge in [0.2, 0.25) is 0 Å². The molecule has 1 heterocycles. The largest absolute Gasteiger partial charge is 0.399 e. The number of nitrogen functional groups attached to an aromatic ring is 1. The van der Waals surface area contributed by atoms with Crippen molar-refractivity contribution in [2.45, 2.75) is 25.9 Å². The first-order valence-corrected chi connectivity index (χ1v) is 6.89. The third-order valence-corrected chi connectivity index (χ3v) is 4.06. The molecule has 0 saturated carbocycles. The number of benzene rings is 1. The maximum absolute atomic E-state index is 12.4. The molecule has 0 bridgehead atoms. The van der Waals surface area contributed by atoms with Crippen molar-refractivity contribution in [3.8, 4) is 0 Å². The van der Waals surface area contributed by atoms with Crippen LogP contribution in [0.2, 0.25) is 5.02 Å². The number of nitrogens with two attached hydrogens (primary N) is 1. The van der Waals surface area contributed by atoms with E-state index in [1.54, 1.807) is 30.0 Å². The molecule has 2 rings (SSSR count). The molecule has 0 aliphatic carbocycles. The van der Waals surface area contributed by atoms with Crippen molar-refractivity contribution in [2.24, 2.45) is 5.92 Å². The van der Waals surface area contributed by atoms with Crippen LogP contribution in [0.1, 0.15) is 30.1 Å². The van der Waals surface area contributed by atoms with Crippen LogP contribution in [0.25, 0.3) is 0 Å². The molecule has 1 fully saturated rings. The molecule has 3 N–H and O–H groups in total. The summed E-state index contributed by atoms with van der Waals surface area (Å²) in [5.41, 5.74) is 6.68. The van der Waals surface area contributed by atoms with Crippen LogP contribution in [0.5, 0.6) is 0 Å². The summed E-state index contributed by atoms with van der Waals surface area (Å²) in [6.45, 7) is 3.11. The Hall–Kier alpha value is -1.26. The second kappa shape index (κ2) is 5.80. The topological polar surface area (TPSA) is 66.6 Å². The zero-order valence-corrected chi connectivity index (χ0v) is 11.7. The Bertz CT molecular complexity index is 469. The highest BCUT2D eigenvalue weighted by Gasteiger charge is 2.26. The van der Waals surface area contributed by atoms with Gasteiger partial charge in [-0.2, -0.15) is 0 Å². The number of aliphatic hydroxyl groups is 1. The minimum Gasteiger partial charge on any atom is -0.399 e. The highest BCUT2D eigenvalue weighted by Crippen LogP contribution is 2.25. The molecular weight excluding hydrogens is 264 g/mol. The molecule has 1 saturated heterocycles. The fourth-order valence-corrected chi connectivity index (χ4v) is 2.66. The number of anilines is 1. The summed E-state index contributed by atoms with van der Waals surface area (Å²) in [6.07, 6.45) is 1.33. The molecule has 1 unspecified atom stereocenters. The summed E-state index contributed by atoms with van der Waals surface area (Å²) >= 11 is 6.05. The van der Waals surface area contributed by atoms with Gasteiger partial charge in [0.25, 0.3) is 5.91 Å². The van der Waals surface area contributed by atoms with Crippen molar-refractivity contribution in [1.29, 1.82) is 0 Å². The molecule has 0 radical (unpaired) electrons. The minimum atomic E-state index is -0.312. The summed E-state index contributed by atoms with van der Waals surface area (Å²) < 4.78 is 0. The normalized spacial score (nSPS) is 18.4. The van der Waals surface area contributed by atoms with E-state index >= 15 is 0 Å². The molecule has 1 aliphatic rings. The number of rotatable bonds is 2. The first-order valence-electron chi connectivity index (χ1n) is 6.51. The lowest BCUT2D eigenvalue weighted by Crippen LogP contribution is -2.40. The molecule has 1 atom stereocenters. The number of halogens is 1. The maximum Gasteiger partial charge on any atom is 0.255 e. The van der Waals surface area contributed by atoms with E-state index in [0.717, 1.165) is 12.8 Å². The van der Waals surface area contributed by atoms with E-state index < -0.39 is 0 Å². The molecule has 4 nitrogen and oxygen atoms in total. The van der Waals surface area contributed by atoms with Crippen LogP contribution in [0, 0.1) is 5.92 Å². The van der Waals surface area contributed by atoms with Crippen LogP contribution < -0.4 is 5.73 Å². The third-order valence-electron chi connectivity index (χ3n) is 3.73. The standard InChI is InChI=1S/C14H19ClN2O2/c1-9(18)10-4-6-17(7-5-10)14(19)12-8-11(16)2-3-13(12)15/h2-3,8-10,18H,4-7,16H2,1H3. The van der Waals surface area contributed by atoms with Gasteiger partial charge in [0.05, 0.1) is 16.7 Å². The quantitative estimate of drug-likeness (QED) is 0.817. The van der Waals surface area contributed by atoms with Crippen LogP contribution >= 0.6 is 11.6 Å². The molecule has 19 heavy (non-hydrogen) atoms.